The smallest absolute Gasteiger partial charge is 0.267 e. The van der Waals surface area contributed by atoms with E-state index in [-0.39, 0.29) is 22.8 Å². The Kier molecular flexibility index (Phi) is 6.69. The number of nitrogens with one attached hydrogen (secondary N) is 3. The average molecular weight is 453 g/mol. The van der Waals surface area contributed by atoms with Crippen LogP contribution in [0.25, 0.3) is 0 Å². The van der Waals surface area contributed by atoms with Crippen LogP contribution in [-0.4, -0.2) is 26.8 Å². The molecule has 0 aliphatic heterocycles. The van der Waals surface area contributed by atoms with Crippen molar-refractivity contribution in [2.45, 2.75) is 6.54 Å². The van der Waals surface area contributed by atoms with E-state index in [2.05, 4.69) is 5.32 Å². The van der Waals surface area contributed by atoms with Gasteiger partial charge in [-0.25, -0.2) is 17.5 Å². The molecule has 0 heterocycles. The molecule has 6 nitrogen and oxygen atoms in total. The van der Waals surface area contributed by atoms with Crippen molar-refractivity contribution in [3.05, 3.63) is 61.8 Å². The van der Waals surface area contributed by atoms with Crippen molar-refractivity contribution in [1.82, 2.24) is 4.72 Å². The molecule has 0 fully saturated rings. The Balaban J connectivity index is 2.37. The summed E-state index contributed by atoms with van der Waals surface area (Å²) < 4.78 is 38.7. The number of rotatable bonds is 6. The highest BCUT2D eigenvalue weighted by molar-refractivity contribution is 7.89. The molecule has 0 radical (unpaired) electrons. The number of hydrogen-bond acceptors (Lipinski definition) is 5. The highest BCUT2D eigenvalue weighted by Gasteiger charge is 2.22. The number of halogens is 4. The van der Waals surface area contributed by atoms with Gasteiger partial charge >= 0.3 is 0 Å². The predicted octanol–water partition coefficient (Wildman–Crippen LogP) is 4.09. The van der Waals surface area contributed by atoms with Crippen LogP contribution in [0.15, 0.2) is 24.3 Å². The molecule has 2 rings (SSSR count). The standard InChI is InChI=1S/C16H13Cl3FN3O3S/c1-27(25,26)23-16(24)9-5-13(19)15(10(6-21)14(9)20)22-7-8-2-3-11(17)12(18)4-8/h2-6,21-22H,7H2,1H3,(H,23,24). The van der Waals surface area contributed by atoms with Gasteiger partial charge in [-0.2, -0.15) is 0 Å². The summed E-state index contributed by atoms with van der Waals surface area (Å²) in [5.74, 6) is -2.26. The van der Waals surface area contributed by atoms with Gasteiger partial charge in [0.05, 0.1) is 38.1 Å². The van der Waals surface area contributed by atoms with Gasteiger partial charge in [-0.3, -0.25) is 4.79 Å². The quantitative estimate of drug-likeness (QED) is 0.575. The summed E-state index contributed by atoms with van der Waals surface area (Å²) >= 11 is 17.9. The summed E-state index contributed by atoms with van der Waals surface area (Å²) in [6, 6.07) is 5.89. The van der Waals surface area contributed by atoms with E-state index in [1.54, 1.807) is 22.9 Å². The van der Waals surface area contributed by atoms with E-state index in [1.807, 2.05) is 0 Å². The molecule has 3 N–H and O–H groups in total. The molecule has 1 amide bonds. The first kappa shape index (κ1) is 21.4. The second-order valence-corrected chi connectivity index (χ2v) is 8.43. The molecule has 0 saturated heterocycles. The molecular formula is C16H13Cl3FN3O3S. The normalized spacial score (nSPS) is 11.1. The lowest BCUT2D eigenvalue weighted by atomic mass is 10.1. The van der Waals surface area contributed by atoms with E-state index in [0.717, 1.165) is 17.9 Å². The lowest BCUT2D eigenvalue weighted by Gasteiger charge is -2.15. The number of amides is 1. The Morgan fingerprint density at radius 3 is 2.41 bits per heavy atom. The monoisotopic (exact) mass is 451 g/mol. The van der Waals surface area contributed by atoms with Crippen LogP contribution in [-0.2, 0) is 16.6 Å². The molecule has 0 aliphatic rings. The van der Waals surface area contributed by atoms with E-state index in [0.29, 0.717) is 16.3 Å². The second-order valence-electron chi connectivity index (χ2n) is 5.46. The van der Waals surface area contributed by atoms with Gasteiger partial charge in [0.2, 0.25) is 10.0 Å². The van der Waals surface area contributed by atoms with Crippen molar-refractivity contribution in [3.63, 3.8) is 0 Å². The van der Waals surface area contributed by atoms with Gasteiger partial charge in [0.25, 0.3) is 5.91 Å². The first-order valence-electron chi connectivity index (χ1n) is 7.26. The molecule has 144 valence electrons. The van der Waals surface area contributed by atoms with Gasteiger partial charge in [-0.15, -0.1) is 0 Å². The summed E-state index contributed by atoms with van der Waals surface area (Å²) in [6.45, 7) is 0.186. The minimum Gasteiger partial charge on any atom is -0.379 e. The van der Waals surface area contributed by atoms with Crippen molar-refractivity contribution in [3.8, 4) is 0 Å². The van der Waals surface area contributed by atoms with Crippen molar-refractivity contribution >= 4 is 62.6 Å². The zero-order chi connectivity index (χ0) is 20.4. The third-order valence-corrected chi connectivity index (χ3v) is 4.97. The largest absolute Gasteiger partial charge is 0.379 e. The van der Waals surface area contributed by atoms with Crippen LogP contribution in [0, 0.1) is 11.2 Å². The molecule has 27 heavy (non-hydrogen) atoms. The van der Waals surface area contributed by atoms with Crippen LogP contribution < -0.4 is 10.0 Å². The number of anilines is 1. The Bertz CT molecular complexity index is 1030. The summed E-state index contributed by atoms with van der Waals surface area (Å²) in [7, 11) is -3.89. The maximum Gasteiger partial charge on any atom is 0.267 e. The topological polar surface area (TPSA) is 99.1 Å². The Morgan fingerprint density at radius 1 is 1.19 bits per heavy atom. The highest BCUT2D eigenvalue weighted by atomic mass is 35.5. The fourth-order valence-corrected chi connectivity index (χ4v) is 3.23. The fourth-order valence-electron chi connectivity index (χ4n) is 2.19. The van der Waals surface area contributed by atoms with Crippen LogP contribution in [0.3, 0.4) is 0 Å². The summed E-state index contributed by atoms with van der Waals surface area (Å²) in [6.07, 6.45) is 1.44. The third kappa shape index (κ3) is 5.32. The molecule has 0 aliphatic carbocycles. The van der Waals surface area contributed by atoms with Crippen LogP contribution in [0.1, 0.15) is 21.5 Å². The minimum atomic E-state index is -3.89. The first-order chi connectivity index (χ1) is 12.5. The minimum absolute atomic E-state index is 0.0615. The third-order valence-electron chi connectivity index (χ3n) is 3.37. The molecule has 0 aromatic heterocycles. The Labute approximate surface area is 170 Å². The van der Waals surface area contributed by atoms with Crippen LogP contribution >= 0.6 is 34.8 Å². The van der Waals surface area contributed by atoms with E-state index >= 15 is 0 Å². The van der Waals surface area contributed by atoms with Gasteiger partial charge in [0.15, 0.2) is 0 Å². The van der Waals surface area contributed by atoms with Gasteiger partial charge in [0.1, 0.15) is 5.82 Å². The number of sulfonamides is 1. The van der Waals surface area contributed by atoms with E-state index in [9.17, 15) is 17.6 Å². The zero-order valence-corrected chi connectivity index (χ0v) is 16.8. The van der Waals surface area contributed by atoms with Gasteiger partial charge in [-0.1, -0.05) is 40.9 Å². The molecule has 0 spiro atoms. The van der Waals surface area contributed by atoms with Crippen molar-refractivity contribution < 1.29 is 17.6 Å². The number of carbonyl (C=O) groups excluding carboxylic acids is 1. The number of hydrogen-bond donors (Lipinski definition) is 3. The van der Waals surface area contributed by atoms with E-state index < -0.39 is 27.3 Å². The highest BCUT2D eigenvalue weighted by Crippen LogP contribution is 2.31. The lowest BCUT2D eigenvalue weighted by Crippen LogP contribution is -2.30. The van der Waals surface area contributed by atoms with E-state index in [1.165, 1.54) is 0 Å². The van der Waals surface area contributed by atoms with Crippen LogP contribution in [0.5, 0.6) is 0 Å². The first-order valence-corrected chi connectivity index (χ1v) is 10.3. The Morgan fingerprint density at radius 2 is 1.85 bits per heavy atom. The summed E-state index contributed by atoms with van der Waals surface area (Å²) in [4.78, 5) is 11.9. The maximum absolute atomic E-state index is 14.6. The van der Waals surface area contributed by atoms with Gasteiger partial charge < -0.3 is 10.7 Å². The van der Waals surface area contributed by atoms with Crippen molar-refractivity contribution in [1.29, 1.82) is 5.41 Å². The van der Waals surface area contributed by atoms with E-state index in [4.69, 9.17) is 40.2 Å². The molecule has 11 heteroatoms. The molecule has 2 aromatic carbocycles. The summed E-state index contributed by atoms with van der Waals surface area (Å²) in [5.41, 5.74) is -0.0907. The van der Waals surface area contributed by atoms with Crippen molar-refractivity contribution in [2.75, 3.05) is 11.6 Å². The molecule has 0 saturated carbocycles. The average Bonchev–Trinajstić information content (AvgIpc) is 2.56. The fraction of sp³-hybridized carbons (Fsp3) is 0.125. The Hall–Kier alpha value is -1.87. The maximum atomic E-state index is 14.6. The van der Waals surface area contributed by atoms with Crippen LogP contribution in [0.4, 0.5) is 10.1 Å². The van der Waals surface area contributed by atoms with Gasteiger partial charge in [-0.05, 0) is 23.8 Å². The number of carbonyl (C=O) groups is 1. The SMILES string of the molecule is CS(=O)(=O)NC(=O)c1cc(Cl)c(NCc2ccc(Cl)c(Cl)c2)c(C=N)c1F. The molecule has 2 aromatic rings. The zero-order valence-electron chi connectivity index (χ0n) is 13.7. The molecule has 0 bridgehead atoms. The molecule has 0 atom stereocenters. The summed E-state index contributed by atoms with van der Waals surface area (Å²) in [5, 5.41) is 11.0. The number of benzene rings is 2. The lowest BCUT2D eigenvalue weighted by molar-refractivity contribution is 0.0978. The van der Waals surface area contributed by atoms with Crippen LogP contribution in [0.2, 0.25) is 15.1 Å². The predicted molar refractivity (Wildman–Crippen MR) is 105 cm³/mol. The molecular weight excluding hydrogens is 440 g/mol. The second kappa shape index (κ2) is 8.43. The van der Waals surface area contributed by atoms with Gasteiger partial charge in [0, 0.05) is 12.8 Å². The molecule has 0 unspecified atom stereocenters. The van der Waals surface area contributed by atoms with Crippen molar-refractivity contribution in [2.24, 2.45) is 0 Å².